The van der Waals surface area contributed by atoms with E-state index in [1.54, 1.807) is 12.1 Å². The zero-order valence-corrected chi connectivity index (χ0v) is 13.6. The minimum atomic E-state index is -3.56. The predicted molar refractivity (Wildman–Crippen MR) is 80.6 cm³/mol. The van der Waals surface area contributed by atoms with Crippen LogP contribution in [0.5, 0.6) is 0 Å². The van der Waals surface area contributed by atoms with E-state index in [0.29, 0.717) is 0 Å². The fourth-order valence-electron chi connectivity index (χ4n) is 1.22. The molecule has 0 aliphatic rings. The van der Waals surface area contributed by atoms with E-state index in [4.69, 9.17) is 11.6 Å². The maximum Gasteiger partial charge on any atom is 0.362 e. The Balaban J connectivity index is 2.96. The van der Waals surface area contributed by atoms with Crippen LogP contribution in [-0.4, -0.2) is 25.2 Å². The summed E-state index contributed by atoms with van der Waals surface area (Å²) in [6.45, 7) is 0. The van der Waals surface area contributed by atoms with Crippen molar-refractivity contribution in [3.63, 3.8) is 0 Å². The molecule has 0 aromatic heterocycles. The Bertz CT molecular complexity index is 466. The van der Waals surface area contributed by atoms with Crippen molar-refractivity contribution in [2.24, 2.45) is 0 Å². The van der Waals surface area contributed by atoms with E-state index in [-0.39, 0.29) is 5.03 Å². The van der Waals surface area contributed by atoms with Gasteiger partial charge in [0.2, 0.25) is 0 Å². The van der Waals surface area contributed by atoms with Crippen LogP contribution in [0.2, 0.25) is 0 Å². The molecule has 7 heteroatoms. The summed E-state index contributed by atoms with van der Waals surface area (Å²) in [6, 6.07) is 7.37. The van der Waals surface area contributed by atoms with Crippen molar-refractivity contribution in [1.82, 2.24) is 0 Å². The highest BCUT2D eigenvalue weighted by Gasteiger charge is 2.30. The van der Waals surface area contributed by atoms with Crippen LogP contribution in [-0.2, 0) is 13.6 Å². The fraction of sp³-hybridized carbons (Fsp3) is 0.273. The second-order valence-corrected chi connectivity index (χ2v) is 7.33. The van der Waals surface area contributed by atoms with Gasteiger partial charge < -0.3 is 14.2 Å². The quantitative estimate of drug-likeness (QED) is 0.603. The van der Waals surface area contributed by atoms with E-state index < -0.39 is 13.4 Å². The molecular formula is C11H13ClIO4P. The average Bonchev–Trinajstić information content (AvgIpc) is 2.38. The second kappa shape index (κ2) is 7.03. The molecule has 1 rings (SSSR count). The molecule has 1 aromatic rings. The van der Waals surface area contributed by atoms with Gasteiger partial charge in [0.25, 0.3) is 0 Å². The van der Waals surface area contributed by atoms with Crippen LogP contribution < -0.4 is 0 Å². The van der Waals surface area contributed by atoms with Crippen molar-refractivity contribution in [2.45, 2.75) is 5.85 Å². The minimum Gasteiger partial charge on any atom is -0.377 e. The summed E-state index contributed by atoms with van der Waals surface area (Å²) in [5.41, 5.74) is 0.717. The highest BCUT2D eigenvalue weighted by atomic mass is 127. The first-order valence-corrected chi connectivity index (χ1v) is 8.02. The average molecular weight is 403 g/mol. The molecule has 1 atom stereocenters. The summed E-state index contributed by atoms with van der Waals surface area (Å²) in [5.74, 6) is -1.40. The molecule has 0 bridgehead atoms. The molecule has 0 heterocycles. The minimum absolute atomic E-state index is 0.285. The SMILES string of the molecule is COP(=O)(OC)C(O)C=C(Cl)c1ccc(I)cc1. The van der Waals surface area contributed by atoms with Crippen molar-refractivity contribution in [1.29, 1.82) is 0 Å². The third kappa shape index (κ3) is 4.05. The molecular weight excluding hydrogens is 389 g/mol. The van der Waals surface area contributed by atoms with E-state index in [9.17, 15) is 9.67 Å². The third-order valence-electron chi connectivity index (χ3n) is 2.25. The Morgan fingerprint density at radius 3 is 2.33 bits per heavy atom. The van der Waals surface area contributed by atoms with Crippen molar-refractivity contribution >= 4 is 46.8 Å². The number of benzene rings is 1. The van der Waals surface area contributed by atoms with Crippen molar-refractivity contribution in [2.75, 3.05) is 14.2 Å². The Kier molecular flexibility index (Phi) is 6.30. The lowest BCUT2D eigenvalue weighted by molar-refractivity contribution is 0.201. The Morgan fingerprint density at radius 1 is 1.39 bits per heavy atom. The molecule has 4 nitrogen and oxygen atoms in total. The van der Waals surface area contributed by atoms with Crippen LogP contribution >= 0.6 is 41.8 Å². The molecule has 0 aliphatic carbocycles. The summed E-state index contributed by atoms with van der Waals surface area (Å²) < 4.78 is 22.3. The van der Waals surface area contributed by atoms with E-state index in [2.05, 4.69) is 31.6 Å². The summed E-state index contributed by atoms with van der Waals surface area (Å²) in [4.78, 5) is 0. The summed E-state index contributed by atoms with van der Waals surface area (Å²) >= 11 is 8.21. The van der Waals surface area contributed by atoms with E-state index >= 15 is 0 Å². The van der Waals surface area contributed by atoms with Crippen molar-refractivity contribution in [3.8, 4) is 0 Å². The van der Waals surface area contributed by atoms with Crippen LogP contribution in [0, 0.1) is 3.57 Å². The molecule has 0 saturated carbocycles. The summed E-state index contributed by atoms with van der Waals surface area (Å²) in [7, 11) is -1.15. The zero-order chi connectivity index (χ0) is 13.8. The van der Waals surface area contributed by atoms with Gasteiger partial charge in [-0.2, -0.15) is 0 Å². The van der Waals surface area contributed by atoms with Gasteiger partial charge in [0.15, 0.2) is 5.85 Å². The Hall–Kier alpha value is 0.0900. The molecule has 18 heavy (non-hydrogen) atoms. The standard InChI is InChI=1S/C11H13ClIO4P/c1-16-18(15,17-2)11(14)7-10(12)8-3-5-9(13)6-4-8/h3-7,11,14H,1-2H3. The van der Waals surface area contributed by atoms with Gasteiger partial charge in [-0.1, -0.05) is 23.7 Å². The van der Waals surface area contributed by atoms with Gasteiger partial charge in [0, 0.05) is 22.8 Å². The summed E-state index contributed by atoms with van der Waals surface area (Å²) in [6.07, 6.45) is 1.25. The molecule has 0 spiro atoms. The first-order valence-electron chi connectivity index (χ1n) is 4.95. The molecule has 1 aromatic carbocycles. The Morgan fingerprint density at radius 2 is 1.89 bits per heavy atom. The van der Waals surface area contributed by atoms with Gasteiger partial charge in [-0.3, -0.25) is 4.57 Å². The monoisotopic (exact) mass is 402 g/mol. The Labute approximate surface area is 125 Å². The van der Waals surface area contributed by atoms with Gasteiger partial charge in [-0.15, -0.1) is 0 Å². The number of hydrogen-bond acceptors (Lipinski definition) is 4. The van der Waals surface area contributed by atoms with Gasteiger partial charge >= 0.3 is 7.60 Å². The number of aliphatic hydroxyl groups excluding tert-OH is 1. The topological polar surface area (TPSA) is 55.8 Å². The first kappa shape index (κ1) is 16.1. The highest BCUT2D eigenvalue weighted by Crippen LogP contribution is 2.51. The summed E-state index contributed by atoms with van der Waals surface area (Å²) in [5, 5.41) is 10.1. The van der Waals surface area contributed by atoms with E-state index in [1.165, 1.54) is 20.3 Å². The number of rotatable bonds is 5. The smallest absolute Gasteiger partial charge is 0.362 e. The van der Waals surface area contributed by atoms with Crippen molar-refractivity contribution in [3.05, 3.63) is 39.5 Å². The second-order valence-electron chi connectivity index (χ2n) is 3.34. The molecule has 0 amide bonds. The molecule has 1 N–H and O–H groups in total. The lowest BCUT2D eigenvalue weighted by Gasteiger charge is -2.17. The van der Waals surface area contributed by atoms with Gasteiger partial charge in [-0.05, 0) is 46.4 Å². The molecule has 0 aliphatic heterocycles. The lowest BCUT2D eigenvalue weighted by atomic mass is 10.2. The number of halogens is 2. The van der Waals surface area contributed by atoms with Gasteiger partial charge in [-0.25, -0.2) is 0 Å². The number of hydrogen-bond donors (Lipinski definition) is 1. The third-order valence-corrected chi connectivity index (χ3v) is 5.13. The zero-order valence-electron chi connectivity index (χ0n) is 9.84. The molecule has 100 valence electrons. The van der Waals surface area contributed by atoms with Gasteiger partial charge in [0.1, 0.15) is 0 Å². The first-order chi connectivity index (χ1) is 8.42. The van der Waals surface area contributed by atoms with E-state index in [1.807, 2.05) is 12.1 Å². The molecule has 0 fully saturated rings. The van der Waals surface area contributed by atoms with Crippen LogP contribution in [0.4, 0.5) is 0 Å². The lowest BCUT2D eigenvalue weighted by Crippen LogP contribution is -2.07. The van der Waals surface area contributed by atoms with E-state index in [0.717, 1.165) is 9.13 Å². The maximum atomic E-state index is 11.9. The number of aliphatic hydroxyl groups is 1. The van der Waals surface area contributed by atoms with Crippen LogP contribution in [0.15, 0.2) is 30.3 Å². The molecule has 1 unspecified atom stereocenters. The highest BCUT2D eigenvalue weighted by molar-refractivity contribution is 14.1. The molecule has 0 radical (unpaired) electrons. The normalized spacial score (nSPS) is 14.6. The van der Waals surface area contributed by atoms with Crippen molar-refractivity contribution < 1.29 is 18.7 Å². The van der Waals surface area contributed by atoms with Crippen LogP contribution in [0.1, 0.15) is 5.56 Å². The largest absolute Gasteiger partial charge is 0.377 e. The van der Waals surface area contributed by atoms with Crippen LogP contribution in [0.3, 0.4) is 0 Å². The fourth-order valence-corrected chi connectivity index (χ4v) is 2.82. The van der Waals surface area contributed by atoms with Gasteiger partial charge in [0.05, 0.1) is 0 Å². The molecule has 0 saturated heterocycles. The predicted octanol–water partition coefficient (Wildman–Crippen LogP) is 3.68. The van der Waals surface area contributed by atoms with Crippen LogP contribution in [0.25, 0.3) is 5.03 Å². The maximum absolute atomic E-state index is 11.9.